The Morgan fingerprint density at radius 1 is 1.23 bits per heavy atom. The van der Waals surface area contributed by atoms with Crippen LogP contribution in [0, 0.1) is 0 Å². The van der Waals surface area contributed by atoms with Crippen molar-refractivity contribution in [3.8, 4) is 0 Å². The molecule has 2 atom stereocenters. The van der Waals surface area contributed by atoms with Gasteiger partial charge >= 0.3 is 0 Å². The van der Waals surface area contributed by atoms with Gasteiger partial charge in [-0.25, -0.2) is 0 Å². The van der Waals surface area contributed by atoms with Gasteiger partial charge in [-0.1, -0.05) is 23.7 Å². The van der Waals surface area contributed by atoms with Gasteiger partial charge in [-0.2, -0.15) is 0 Å². The Morgan fingerprint density at radius 3 is 2.77 bits per heavy atom. The summed E-state index contributed by atoms with van der Waals surface area (Å²) in [6.45, 7) is 0. The SMILES string of the molecule is O=C1C2CCC1c1c(Cl)cccc12. The summed E-state index contributed by atoms with van der Waals surface area (Å²) in [5.41, 5.74) is 2.30. The van der Waals surface area contributed by atoms with E-state index in [4.69, 9.17) is 11.6 Å². The van der Waals surface area contributed by atoms with E-state index in [1.807, 2.05) is 18.2 Å². The van der Waals surface area contributed by atoms with E-state index in [2.05, 4.69) is 0 Å². The highest BCUT2D eigenvalue weighted by molar-refractivity contribution is 6.32. The lowest BCUT2D eigenvalue weighted by molar-refractivity contribution is -0.119. The van der Waals surface area contributed by atoms with Crippen molar-refractivity contribution >= 4 is 17.4 Å². The molecule has 1 fully saturated rings. The number of carbonyl (C=O) groups is 1. The van der Waals surface area contributed by atoms with Crippen molar-refractivity contribution in [2.45, 2.75) is 24.7 Å². The lowest BCUT2D eigenvalue weighted by atomic mass is 9.92. The van der Waals surface area contributed by atoms with E-state index in [1.165, 1.54) is 5.56 Å². The molecule has 2 aliphatic rings. The summed E-state index contributed by atoms with van der Waals surface area (Å²) in [7, 11) is 0. The molecule has 3 rings (SSSR count). The molecule has 0 radical (unpaired) electrons. The summed E-state index contributed by atoms with van der Waals surface area (Å²) in [6, 6.07) is 5.87. The molecule has 1 nitrogen and oxygen atoms in total. The van der Waals surface area contributed by atoms with Crippen molar-refractivity contribution in [3.05, 3.63) is 34.3 Å². The highest BCUT2D eigenvalue weighted by atomic mass is 35.5. The van der Waals surface area contributed by atoms with Crippen molar-refractivity contribution < 1.29 is 4.79 Å². The minimum atomic E-state index is 0.119. The zero-order valence-electron chi connectivity index (χ0n) is 7.09. The summed E-state index contributed by atoms with van der Waals surface area (Å²) in [6.07, 6.45) is 2.02. The van der Waals surface area contributed by atoms with Crippen LogP contribution in [0.1, 0.15) is 35.8 Å². The molecule has 2 bridgehead atoms. The first-order valence-electron chi connectivity index (χ1n) is 4.61. The molecule has 0 aliphatic heterocycles. The normalized spacial score (nSPS) is 29.5. The number of halogens is 1. The Balaban J connectivity index is 2.30. The number of ketones is 1. The Kier molecular flexibility index (Phi) is 1.37. The molecule has 0 heterocycles. The standard InChI is InChI=1S/C11H9ClO/c12-9-3-1-2-6-7-4-5-8(10(6)9)11(7)13/h1-3,7-8H,4-5H2. The topological polar surface area (TPSA) is 17.1 Å². The Hall–Kier alpha value is -0.820. The molecule has 0 aromatic heterocycles. The molecule has 66 valence electrons. The third-order valence-electron chi connectivity index (χ3n) is 3.24. The maximum absolute atomic E-state index is 11.7. The van der Waals surface area contributed by atoms with Gasteiger partial charge < -0.3 is 0 Å². The summed E-state index contributed by atoms with van der Waals surface area (Å²) in [5.74, 6) is 0.676. The van der Waals surface area contributed by atoms with Crippen LogP contribution in [0.2, 0.25) is 5.02 Å². The zero-order chi connectivity index (χ0) is 9.00. The Labute approximate surface area is 81.7 Å². The van der Waals surface area contributed by atoms with Crippen LogP contribution in [0.3, 0.4) is 0 Å². The predicted octanol–water partition coefficient (Wildman–Crippen LogP) is 2.88. The van der Waals surface area contributed by atoms with Gasteiger partial charge in [0.15, 0.2) is 0 Å². The van der Waals surface area contributed by atoms with Gasteiger partial charge in [0.05, 0.1) is 0 Å². The summed E-state index contributed by atoms with van der Waals surface area (Å²) >= 11 is 6.08. The number of benzene rings is 1. The molecule has 2 aliphatic carbocycles. The molecule has 0 saturated heterocycles. The molecule has 0 spiro atoms. The van der Waals surface area contributed by atoms with E-state index in [0.717, 1.165) is 23.4 Å². The van der Waals surface area contributed by atoms with Gasteiger partial charge in [0, 0.05) is 16.9 Å². The molecule has 1 saturated carbocycles. The zero-order valence-corrected chi connectivity index (χ0v) is 7.84. The number of carbonyl (C=O) groups excluding carboxylic acids is 1. The van der Waals surface area contributed by atoms with Crippen molar-refractivity contribution in [3.63, 3.8) is 0 Å². The monoisotopic (exact) mass is 192 g/mol. The molecule has 13 heavy (non-hydrogen) atoms. The smallest absolute Gasteiger partial charge is 0.147 e. The molecule has 0 amide bonds. The van der Waals surface area contributed by atoms with E-state index in [-0.39, 0.29) is 11.8 Å². The Bertz CT molecular complexity index is 397. The fourth-order valence-corrected chi connectivity index (χ4v) is 2.99. The van der Waals surface area contributed by atoms with Crippen LogP contribution in [0.25, 0.3) is 0 Å². The van der Waals surface area contributed by atoms with Crippen molar-refractivity contribution in [1.82, 2.24) is 0 Å². The predicted molar refractivity (Wildman–Crippen MR) is 51.2 cm³/mol. The molecular formula is C11H9ClO. The molecule has 2 unspecified atom stereocenters. The number of Topliss-reactive ketones (excluding diaryl/α,β-unsaturated/α-hetero) is 1. The molecule has 0 N–H and O–H groups in total. The molecule has 1 aromatic rings. The van der Waals surface area contributed by atoms with Gasteiger partial charge in [-0.3, -0.25) is 4.79 Å². The molecule has 2 heteroatoms. The molecule has 1 aromatic carbocycles. The van der Waals surface area contributed by atoms with E-state index < -0.39 is 0 Å². The number of fused-ring (bicyclic) bond motifs is 5. The highest BCUT2D eigenvalue weighted by Gasteiger charge is 2.45. The first kappa shape index (κ1) is 7.57. The second-order valence-corrected chi connectivity index (χ2v) is 4.23. The fourth-order valence-electron chi connectivity index (χ4n) is 2.68. The van der Waals surface area contributed by atoms with Gasteiger partial charge in [-0.05, 0) is 30.0 Å². The average Bonchev–Trinajstić information content (AvgIpc) is 2.61. The maximum atomic E-state index is 11.7. The van der Waals surface area contributed by atoms with E-state index >= 15 is 0 Å². The van der Waals surface area contributed by atoms with Gasteiger partial charge in [0.2, 0.25) is 0 Å². The lowest BCUT2D eigenvalue weighted by Gasteiger charge is -2.13. The first-order chi connectivity index (χ1) is 6.29. The van der Waals surface area contributed by atoms with Gasteiger partial charge in [0.25, 0.3) is 0 Å². The summed E-state index contributed by atoms with van der Waals surface area (Å²) < 4.78 is 0. The largest absolute Gasteiger partial charge is 0.298 e. The third-order valence-corrected chi connectivity index (χ3v) is 3.57. The van der Waals surface area contributed by atoms with Crippen LogP contribution in [-0.2, 0) is 4.79 Å². The van der Waals surface area contributed by atoms with Crippen LogP contribution in [0.4, 0.5) is 0 Å². The second-order valence-electron chi connectivity index (χ2n) is 3.83. The van der Waals surface area contributed by atoms with E-state index in [1.54, 1.807) is 0 Å². The minimum absolute atomic E-state index is 0.119. The average molecular weight is 193 g/mol. The lowest BCUT2D eigenvalue weighted by Crippen LogP contribution is -1.99. The highest BCUT2D eigenvalue weighted by Crippen LogP contribution is 2.52. The third kappa shape index (κ3) is 0.806. The van der Waals surface area contributed by atoms with Crippen LogP contribution < -0.4 is 0 Å². The van der Waals surface area contributed by atoms with Crippen LogP contribution in [-0.4, -0.2) is 5.78 Å². The van der Waals surface area contributed by atoms with Crippen molar-refractivity contribution in [2.24, 2.45) is 0 Å². The number of hydrogen-bond donors (Lipinski definition) is 0. The van der Waals surface area contributed by atoms with Crippen molar-refractivity contribution in [2.75, 3.05) is 0 Å². The maximum Gasteiger partial charge on any atom is 0.147 e. The van der Waals surface area contributed by atoms with Crippen molar-refractivity contribution in [1.29, 1.82) is 0 Å². The van der Waals surface area contributed by atoms with E-state index in [9.17, 15) is 4.79 Å². The first-order valence-corrected chi connectivity index (χ1v) is 4.99. The Morgan fingerprint density at radius 2 is 2.00 bits per heavy atom. The van der Waals surface area contributed by atoms with Gasteiger partial charge in [-0.15, -0.1) is 0 Å². The number of hydrogen-bond acceptors (Lipinski definition) is 1. The summed E-state index contributed by atoms with van der Waals surface area (Å²) in [4.78, 5) is 11.7. The van der Waals surface area contributed by atoms with Crippen LogP contribution >= 0.6 is 11.6 Å². The fraction of sp³-hybridized carbons (Fsp3) is 0.364. The van der Waals surface area contributed by atoms with Crippen LogP contribution in [0.15, 0.2) is 18.2 Å². The van der Waals surface area contributed by atoms with Gasteiger partial charge in [0.1, 0.15) is 5.78 Å². The second kappa shape index (κ2) is 2.36. The summed E-state index contributed by atoms with van der Waals surface area (Å²) in [5, 5.41) is 0.776. The van der Waals surface area contributed by atoms with Crippen LogP contribution in [0.5, 0.6) is 0 Å². The number of rotatable bonds is 0. The molecular weight excluding hydrogens is 184 g/mol. The minimum Gasteiger partial charge on any atom is -0.298 e. The quantitative estimate of drug-likeness (QED) is 0.618. The van der Waals surface area contributed by atoms with E-state index in [0.29, 0.717) is 5.78 Å².